The highest BCUT2D eigenvalue weighted by molar-refractivity contribution is 7.89. The Morgan fingerprint density at radius 2 is 1.96 bits per heavy atom. The molecule has 0 saturated heterocycles. The Morgan fingerprint density at radius 3 is 2.48 bits per heavy atom. The van der Waals surface area contributed by atoms with Gasteiger partial charge in [0.25, 0.3) is 5.91 Å². The molecule has 0 fully saturated rings. The van der Waals surface area contributed by atoms with Crippen LogP contribution in [0.25, 0.3) is 0 Å². The van der Waals surface area contributed by atoms with E-state index < -0.39 is 22.0 Å². The lowest BCUT2D eigenvalue weighted by molar-refractivity contribution is -0.119. The van der Waals surface area contributed by atoms with E-state index in [1.54, 1.807) is 12.1 Å². The Kier molecular flexibility index (Phi) is 6.79. The lowest BCUT2D eigenvalue weighted by Gasteiger charge is -2.15. The number of primary amides is 1. The number of amides is 1. The average molecular weight is 405 g/mol. The number of nitrogens with two attached hydrogens (primary N) is 1. The number of thiophene rings is 1. The number of hydrogen-bond acceptors (Lipinski definition) is 6. The van der Waals surface area contributed by atoms with Crippen LogP contribution in [-0.2, 0) is 19.6 Å². The number of methoxy groups -OCH3 is 1. The predicted molar refractivity (Wildman–Crippen MR) is 95.4 cm³/mol. The number of benzene rings is 1. The molecule has 10 heteroatoms. The molecule has 0 aliphatic rings. The second kappa shape index (κ2) is 8.63. The van der Waals surface area contributed by atoms with Gasteiger partial charge in [-0.2, -0.15) is 0 Å². The van der Waals surface area contributed by atoms with Crippen molar-refractivity contribution in [1.82, 2.24) is 4.72 Å². The summed E-state index contributed by atoms with van der Waals surface area (Å²) in [5.41, 5.74) is 4.98. The third-order valence-electron chi connectivity index (χ3n) is 3.17. The number of carbonyl (C=O) groups is 1. The smallest absolute Gasteiger partial charge is 0.255 e. The summed E-state index contributed by atoms with van der Waals surface area (Å²) in [5.74, 6) is -0.265. The zero-order chi connectivity index (χ0) is 18.4. The van der Waals surface area contributed by atoms with E-state index in [4.69, 9.17) is 26.8 Å². The fourth-order valence-electron chi connectivity index (χ4n) is 1.94. The molecule has 25 heavy (non-hydrogen) atoms. The van der Waals surface area contributed by atoms with Crippen molar-refractivity contribution < 1.29 is 22.7 Å². The molecule has 0 aliphatic carbocycles. The van der Waals surface area contributed by atoms with E-state index >= 15 is 0 Å². The predicted octanol–water partition coefficient (Wildman–Crippen LogP) is 1.93. The van der Waals surface area contributed by atoms with Crippen LogP contribution < -0.4 is 15.2 Å². The lowest BCUT2D eigenvalue weighted by atomic mass is 10.3. The average Bonchev–Trinajstić information content (AvgIpc) is 3.00. The van der Waals surface area contributed by atoms with E-state index in [2.05, 4.69) is 4.72 Å². The Labute approximate surface area is 154 Å². The summed E-state index contributed by atoms with van der Waals surface area (Å²) in [4.78, 5) is 11.6. The van der Waals surface area contributed by atoms with Gasteiger partial charge in [-0.05, 0) is 36.4 Å². The minimum absolute atomic E-state index is 0.0651. The summed E-state index contributed by atoms with van der Waals surface area (Å²) in [5, 5.41) is 0. The fourth-order valence-corrected chi connectivity index (χ4v) is 4.11. The topological polar surface area (TPSA) is 108 Å². The SMILES string of the molecule is CO[C@H](CNS(=O)(=O)c1ccc(OCC(N)=O)cc1)c1ccc(Cl)s1. The largest absolute Gasteiger partial charge is 0.484 e. The van der Waals surface area contributed by atoms with Crippen molar-refractivity contribution in [2.75, 3.05) is 20.3 Å². The van der Waals surface area contributed by atoms with Gasteiger partial charge >= 0.3 is 0 Å². The van der Waals surface area contributed by atoms with Crippen molar-refractivity contribution in [3.63, 3.8) is 0 Å². The summed E-state index contributed by atoms with van der Waals surface area (Å²) in [6.07, 6.45) is -0.439. The van der Waals surface area contributed by atoms with Gasteiger partial charge in [0, 0.05) is 18.5 Å². The van der Waals surface area contributed by atoms with Crippen LogP contribution in [0.1, 0.15) is 11.0 Å². The fraction of sp³-hybridized carbons (Fsp3) is 0.267. The number of carbonyl (C=O) groups excluding carboxylic acids is 1. The third-order valence-corrected chi connectivity index (χ3v) is 5.93. The van der Waals surface area contributed by atoms with Crippen LogP contribution in [0.4, 0.5) is 0 Å². The van der Waals surface area contributed by atoms with Crippen LogP contribution in [0.15, 0.2) is 41.3 Å². The molecule has 0 bridgehead atoms. The normalized spacial score (nSPS) is 12.7. The van der Waals surface area contributed by atoms with E-state index in [-0.39, 0.29) is 18.0 Å². The van der Waals surface area contributed by atoms with Crippen LogP contribution in [0.3, 0.4) is 0 Å². The number of halogens is 1. The maximum Gasteiger partial charge on any atom is 0.255 e. The first-order chi connectivity index (χ1) is 11.8. The first-order valence-electron chi connectivity index (χ1n) is 7.10. The van der Waals surface area contributed by atoms with Gasteiger partial charge in [0.2, 0.25) is 10.0 Å². The standard InChI is InChI=1S/C15H17ClN2O5S2/c1-22-12(13-6-7-14(16)24-13)8-18-25(20,21)11-4-2-10(3-5-11)23-9-15(17)19/h2-7,12,18H,8-9H2,1H3,(H2,17,19)/t12-/m1/s1. The Hall–Kier alpha value is -1.65. The number of hydrogen-bond donors (Lipinski definition) is 2. The Morgan fingerprint density at radius 1 is 1.28 bits per heavy atom. The molecule has 0 saturated carbocycles. The van der Waals surface area contributed by atoms with Crippen molar-refractivity contribution in [3.05, 3.63) is 45.6 Å². The number of ether oxygens (including phenoxy) is 2. The monoisotopic (exact) mass is 404 g/mol. The molecule has 1 aromatic heterocycles. The summed E-state index contributed by atoms with van der Waals surface area (Å²) in [7, 11) is -2.22. The molecule has 0 radical (unpaired) electrons. The first kappa shape index (κ1) is 19.7. The summed E-state index contributed by atoms with van der Waals surface area (Å²) in [6.45, 7) is -0.209. The highest BCUT2D eigenvalue weighted by Gasteiger charge is 2.19. The van der Waals surface area contributed by atoms with Gasteiger partial charge in [0.05, 0.1) is 9.23 Å². The molecule has 1 aromatic carbocycles. The summed E-state index contributed by atoms with van der Waals surface area (Å²) < 4.78 is 38.2. The van der Waals surface area contributed by atoms with Gasteiger partial charge in [0.15, 0.2) is 6.61 Å². The van der Waals surface area contributed by atoms with Crippen LogP contribution >= 0.6 is 22.9 Å². The molecule has 0 aliphatic heterocycles. The van der Waals surface area contributed by atoms with Crippen LogP contribution in [0.2, 0.25) is 4.34 Å². The molecule has 2 rings (SSSR count). The molecule has 1 amide bonds. The van der Waals surface area contributed by atoms with Gasteiger partial charge in [-0.3, -0.25) is 4.79 Å². The lowest BCUT2D eigenvalue weighted by Crippen LogP contribution is -2.29. The second-order valence-corrected chi connectivity index (χ2v) is 8.46. The first-order valence-corrected chi connectivity index (χ1v) is 9.78. The molecular weight excluding hydrogens is 388 g/mol. The zero-order valence-electron chi connectivity index (χ0n) is 13.3. The van der Waals surface area contributed by atoms with Crippen LogP contribution in [-0.4, -0.2) is 34.6 Å². The highest BCUT2D eigenvalue weighted by Crippen LogP contribution is 2.28. The van der Waals surface area contributed by atoms with Crippen molar-refractivity contribution in [1.29, 1.82) is 0 Å². The van der Waals surface area contributed by atoms with Gasteiger partial charge in [-0.15, -0.1) is 11.3 Å². The second-order valence-electron chi connectivity index (χ2n) is 4.94. The maximum atomic E-state index is 12.4. The molecular formula is C15H17ClN2O5S2. The number of nitrogens with one attached hydrogen (secondary N) is 1. The van der Waals surface area contributed by atoms with E-state index in [9.17, 15) is 13.2 Å². The minimum Gasteiger partial charge on any atom is -0.484 e. The van der Waals surface area contributed by atoms with E-state index in [0.29, 0.717) is 10.1 Å². The molecule has 0 unspecified atom stereocenters. The third kappa shape index (κ3) is 5.68. The molecule has 0 spiro atoms. The molecule has 7 nitrogen and oxygen atoms in total. The Bertz CT molecular complexity index is 821. The van der Waals surface area contributed by atoms with Crippen LogP contribution in [0.5, 0.6) is 5.75 Å². The van der Waals surface area contributed by atoms with Crippen molar-refractivity contribution in [3.8, 4) is 5.75 Å². The maximum absolute atomic E-state index is 12.4. The van der Waals surface area contributed by atoms with E-state index in [1.807, 2.05) is 0 Å². The van der Waals surface area contributed by atoms with Gasteiger partial charge in [0.1, 0.15) is 11.9 Å². The van der Waals surface area contributed by atoms with Gasteiger partial charge in [-0.25, -0.2) is 13.1 Å². The van der Waals surface area contributed by atoms with Crippen LogP contribution in [0, 0.1) is 0 Å². The van der Waals surface area contributed by atoms with Crippen molar-refractivity contribution in [2.45, 2.75) is 11.0 Å². The zero-order valence-corrected chi connectivity index (χ0v) is 15.7. The summed E-state index contributed by atoms with van der Waals surface area (Å²) >= 11 is 7.22. The minimum atomic E-state index is -3.72. The van der Waals surface area contributed by atoms with Crippen molar-refractivity contribution in [2.24, 2.45) is 5.73 Å². The summed E-state index contributed by atoms with van der Waals surface area (Å²) in [6, 6.07) is 9.17. The molecule has 136 valence electrons. The van der Waals surface area contributed by atoms with E-state index in [1.165, 1.54) is 42.7 Å². The number of sulfonamides is 1. The number of rotatable bonds is 9. The van der Waals surface area contributed by atoms with E-state index in [0.717, 1.165) is 4.88 Å². The Balaban J connectivity index is 2.01. The highest BCUT2D eigenvalue weighted by atomic mass is 35.5. The molecule has 1 atom stereocenters. The molecule has 1 heterocycles. The molecule has 3 N–H and O–H groups in total. The quantitative estimate of drug-likeness (QED) is 0.663. The van der Waals surface area contributed by atoms with Gasteiger partial charge in [-0.1, -0.05) is 11.6 Å². The molecule has 2 aromatic rings. The van der Waals surface area contributed by atoms with Gasteiger partial charge < -0.3 is 15.2 Å². The van der Waals surface area contributed by atoms with Crippen molar-refractivity contribution >= 4 is 38.9 Å².